The fraction of sp³-hybridized carbons (Fsp3) is 0.0526. The van der Waals surface area contributed by atoms with Gasteiger partial charge in [-0.05, 0) is 46.5 Å². The molecule has 0 saturated carbocycles. The number of hydrogen-bond acceptors (Lipinski definition) is 3. The van der Waals surface area contributed by atoms with Crippen molar-refractivity contribution in [3.05, 3.63) is 96.1 Å². The normalized spacial score (nSPS) is 12.1. The highest BCUT2D eigenvalue weighted by Gasteiger charge is 2.15. The summed E-state index contributed by atoms with van der Waals surface area (Å²) in [6.45, 7) is 0. The number of benzene rings is 3. The van der Waals surface area contributed by atoms with Gasteiger partial charge in [0, 0.05) is 4.90 Å². The zero-order valence-electron chi connectivity index (χ0n) is 12.3. The second kappa shape index (κ2) is 7.22. The van der Waals surface area contributed by atoms with Gasteiger partial charge in [-0.2, -0.15) is 0 Å². The average Bonchev–Trinajstić information content (AvgIpc) is 2.61. The van der Waals surface area contributed by atoms with Gasteiger partial charge in [0.1, 0.15) is 11.9 Å². The van der Waals surface area contributed by atoms with E-state index in [0.29, 0.717) is 5.75 Å². The summed E-state index contributed by atoms with van der Waals surface area (Å²) in [5.41, 5.74) is 2.07. The van der Waals surface area contributed by atoms with Crippen molar-refractivity contribution in [1.29, 1.82) is 0 Å². The Morgan fingerprint density at radius 1 is 0.739 bits per heavy atom. The second-order valence-electron chi connectivity index (χ2n) is 5.03. The molecular formula is C19H15O3S-. The Labute approximate surface area is 137 Å². The Hall–Kier alpha value is -2.43. The molecule has 116 valence electrons. The summed E-state index contributed by atoms with van der Waals surface area (Å²) in [5, 5.41) is 0. The van der Waals surface area contributed by atoms with Crippen molar-refractivity contribution in [3.63, 3.8) is 0 Å². The zero-order chi connectivity index (χ0) is 16.1. The molecule has 1 atom stereocenters. The minimum atomic E-state index is -2.23. The fourth-order valence-corrected chi connectivity index (χ4v) is 2.71. The molecule has 0 spiro atoms. The van der Waals surface area contributed by atoms with Gasteiger partial charge in [-0.15, -0.1) is 0 Å². The lowest BCUT2D eigenvalue weighted by Gasteiger charge is -2.20. The summed E-state index contributed by atoms with van der Waals surface area (Å²) in [5.74, 6) is 0.622. The maximum absolute atomic E-state index is 10.9. The van der Waals surface area contributed by atoms with Crippen LogP contribution in [0.2, 0.25) is 0 Å². The maximum atomic E-state index is 10.9. The predicted molar refractivity (Wildman–Crippen MR) is 89.0 cm³/mol. The highest BCUT2D eigenvalue weighted by Crippen LogP contribution is 2.28. The van der Waals surface area contributed by atoms with E-state index in [1.807, 2.05) is 60.7 Å². The van der Waals surface area contributed by atoms with Crippen molar-refractivity contribution in [2.75, 3.05) is 0 Å². The van der Waals surface area contributed by atoms with Crippen molar-refractivity contribution in [1.82, 2.24) is 0 Å². The zero-order valence-corrected chi connectivity index (χ0v) is 13.1. The van der Waals surface area contributed by atoms with Gasteiger partial charge in [-0.3, -0.25) is 4.21 Å². The standard InChI is InChI=1S/C19H16O3S/c20-23(21)18-13-11-17(12-14-18)22-19(15-7-3-1-4-8-15)16-9-5-2-6-10-16/h1-14,19H,(H,20,21)/p-1. The first-order chi connectivity index (χ1) is 11.2. The minimum Gasteiger partial charge on any atom is -0.768 e. The van der Waals surface area contributed by atoms with E-state index in [2.05, 4.69) is 0 Å². The first-order valence-corrected chi connectivity index (χ1v) is 8.27. The van der Waals surface area contributed by atoms with Crippen molar-refractivity contribution in [2.24, 2.45) is 0 Å². The van der Waals surface area contributed by atoms with Crippen molar-refractivity contribution in [3.8, 4) is 5.75 Å². The lowest BCUT2D eigenvalue weighted by molar-refractivity contribution is 0.247. The van der Waals surface area contributed by atoms with E-state index < -0.39 is 11.1 Å². The van der Waals surface area contributed by atoms with Crippen molar-refractivity contribution in [2.45, 2.75) is 11.0 Å². The van der Waals surface area contributed by atoms with E-state index in [0.717, 1.165) is 11.1 Å². The van der Waals surface area contributed by atoms with Crippen LogP contribution in [-0.2, 0) is 11.1 Å². The molecule has 3 rings (SSSR count). The molecule has 0 aromatic heterocycles. The smallest absolute Gasteiger partial charge is 0.149 e. The highest BCUT2D eigenvalue weighted by molar-refractivity contribution is 7.79. The number of ether oxygens (including phenoxy) is 1. The average molecular weight is 323 g/mol. The van der Waals surface area contributed by atoms with Crippen molar-refractivity contribution >= 4 is 11.1 Å². The molecule has 0 aliphatic rings. The molecule has 1 unspecified atom stereocenters. The van der Waals surface area contributed by atoms with Gasteiger partial charge >= 0.3 is 0 Å². The molecule has 0 aliphatic heterocycles. The van der Waals surface area contributed by atoms with Crippen LogP contribution in [0.1, 0.15) is 17.2 Å². The molecule has 0 heterocycles. The third-order valence-electron chi connectivity index (χ3n) is 3.47. The molecule has 0 radical (unpaired) electrons. The van der Waals surface area contributed by atoms with Gasteiger partial charge in [-0.1, -0.05) is 60.7 Å². The molecule has 3 nitrogen and oxygen atoms in total. The molecule has 0 amide bonds. The van der Waals surface area contributed by atoms with Gasteiger partial charge in [0.05, 0.1) is 0 Å². The van der Waals surface area contributed by atoms with E-state index in [9.17, 15) is 8.76 Å². The van der Waals surface area contributed by atoms with Crippen LogP contribution in [0.5, 0.6) is 5.75 Å². The first kappa shape index (κ1) is 15.5. The van der Waals surface area contributed by atoms with E-state index in [1.165, 1.54) is 12.1 Å². The summed E-state index contributed by atoms with van der Waals surface area (Å²) < 4.78 is 28.0. The summed E-state index contributed by atoms with van der Waals surface area (Å²) >= 11 is -2.23. The molecular weight excluding hydrogens is 308 g/mol. The molecule has 0 bridgehead atoms. The summed E-state index contributed by atoms with van der Waals surface area (Å²) in [6.07, 6.45) is -0.249. The maximum Gasteiger partial charge on any atom is 0.149 e. The van der Waals surface area contributed by atoms with Gasteiger partial charge in [0.15, 0.2) is 0 Å². The van der Waals surface area contributed by atoms with E-state index >= 15 is 0 Å². The number of hydrogen-bond donors (Lipinski definition) is 0. The van der Waals surface area contributed by atoms with E-state index in [4.69, 9.17) is 4.74 Å². The van der Waals surface area contributed by atoms with Crippen LogP contribution in [0.25, 0.3) is 0 Å². The highest BCUT2D eigenvalue weighted by atomic mass is 32.2. The van der Waals surface area contributed by atoms with Gasteiger partial charge in [-0.25, -0.2) is 0 Å². The molecule has 3 aromatic rings. The Balaban J connectivity index is 1.92. The van der Waals surface area contributed by atoms with Crippen molar-refractivity contribution < 1.29 is 13.5 Å². The van der Waals surface area contributed by atoms with Crippen LogP contribution in [0, 0.1) is 0 Å². The van der Waals surface area contributed by atoms with Crippen LogP contribution < -0.4 is 4.74 Å². The molecule has 0 fully saturated rings. The summed E-state index contributed by atoms with van der Waals surface area (Å²) in [6, 6.07) is 26.3. The topological polar surface area (TPSA) is 49.4 Å². The Morgan fingerprint density at radius 2 is 1.22 bits per heavy atom. The van der Waals surface area contributed by atoms with Crippen LogP contribution in [0.4, 0.5) is 0 Å². The van der Waals surface area contributed by atoms with Crippen LogP contribution in [0.15, 0.2) is 89.8 Å². The fourth-order valence-electron chi connectivity index (χ4n) is 2.35. The number of rotatable bonds is 5. The van der Waals surface area contributed by atoms with Gasteiger partial charge < -0.3 is 9.29 Å². The Morgan fingerprint density at radius 3 is 1.65 bits per heavy atom. The molecule has 0 aliphatic carbocycles. The van der Waals surface area contributed by atoms with Gasteiger partial charge in [0.25, 0.3) is 0 Å². The molecule has 23 heavy (non-hydrogen) atoms. The van der Waals surface area contributed by atoms with Crippen LogP contribution >= 0.6 is 0 Å². The summed E-state index contributed by atoms with van der Waals surface area (Å²) in [7, 11) is 0. The predicted octanol–water partition coefficient (Wildman–Crippen LogP) is 4.09. The minimum absolute atomic E-state index is 0.244. The van der Waals surface area contributed by atoms with E-state index in [1.54, 1.807) is 12.1 Å². The van der Waals surface area contributed by atoms with E-state index in [-0.39, 0.29) is 11.0 Å². The lowest BCUT2D eigenvalue weighted by atomic mass is 10.0. The monoisotopic (exact) mass is 323 g/mol. The molecule has 4 heteroatoms. The SMILES string of the molecule is O=S([O-])c1ccc(OC(c2ccccc2)c2ccccc2)cc1. The van der Waals surface area contributed by atoms with Crippen LogP contribution in [0.3, 0.4) is 0 Å². The summed E-state index contributed by atoms with van der Waals surface area (Å²) in [4.78, 5) is 0.244. The third kappa shape index (κ3) is 3.86. The Bertz CT molecular complexity index is 731. The second-order valence-corrected chi connectivity index (χ2v) is 5.97. The Kier molecular flexibility index (Phi) is 4.86. The first-order valence-electron chi connectivity index (χ1n) is 7.20. The quantitative estimate of drug-likeness (QED) is 0.664. The largest absolute Gasteiger partial charge is 0.768 e. The lowest BCUT2D eigenvalue weighted by Crippen LogP contribution is -2.09. The van der Waals surface area contributed by atoms with Gasteiger partial charge in [0.2, 0.25) is 0 Å². The molecule has 3 aromatic carbocycles. The van der Waals surface area contributed by atoms with Crippen LogP contribution in [-0.4, -0.2) is 8.76 Å². The molecule has 0 N–H and O–H groups in total. The third-order valence-corrected chi connectivity index (χ3v) is 4.13. The molecule has 0 saturated heterocycles.